The monoisotopic (exact) mass is 328 g/mol. The summed E-state index contributed by atoms with van der Waals surface area (Å²) in [4.78, 5) is 16.9. The SMILES string of the molecule is CCc1ccc(Nc2c(C(=O)NOC)ccc3[nH]ncc23)c(F)c1. The smallest absolute Gasteiger partial charge is 0.276 e. The van der Waals surface area contributed by atoms with Gasteiger partial charge in [-0.05, 0) is 36.2 Å². The quantitative estimate of drug-likeness (QED) is 0.628. The third-order valence-corrected chi connectivity index (χ3v) is 3.76. The van der Waals surface area contributed by atoms with Gasteiger partial charge in [0.2, 0.25) is 0 Å². The van der Waals surface area contributed by atoms with Crippen molar-refractivity contribution in [3.05, 3.63) is 53.5 Å². The van der Waals surface area contributed by atoms with Crippen LogP contribution in [-0.2, 0) is 11.3 Å². The molecule has 3 N–H and O–H groups in total. The number of carbonyl (C=O) groups is 1. The molecular weight excluding hydrogens is 311 g/mol. The van der Waals surface area contributed by atoms with Crippen LogP contribution in [0.15, 0.2) is 36.5 Å². The Labute approximate surface area is 138 Å². The first-order chi connectivity index (χ1) is 11.6. The highest BCUT2D eigenvalue weighted by Crippen LogP contribution is 2.30. The fourth-order valence-corrected chi connectivity index (χ4v) is 2.50. The number of rotatable bonds is 5. The maximum Gasteiger partial charge on any atom is 0.276 e. The summed E-state index contributed by atoms with van der Waals surface area (Å²) in [6.45, 7) is 1.96. The number of aromatic amines is 1. The van der Waals surface area contributed by atoms with Gasteiger partial charge in [-0.2, -0.15) is 5.10 Å². The van der Waals surface area contributed by atoms with E-state index in [0.717, 1.165) is 17.5 Å². The average Bonchev–Trinajstić information content (AvgIpc) is 3.06. The molecule has 0 aliphatic heterocycles. The van der Waals surface area contributed by atoms with Crippen molar-refractivity contribution in [2.75, 3.05) is 12.4 Å². The number of carbonyl (C=O) groups excluding carboxylic acids is 1. The number of anilines is 2. The van der Waals surface area contributed by atoms with Gasteiger partial charge in [-0.3, -0.25) is 14.7 Å². The summed E-state index contributed by atoms with van der Waals surface area (Å²) < 4.78 is 14.3. The summed E-state index contributed by atoms with van der Waals surface area (Å²) in [6.07, 6.45) is 2.33. The second kappa shape index (κ2) is 6.67. The van der Waals surface area contributed by atoms with Crippen LogP contribution in [0.1, 0.15) is 22.8 Å². The summed E-state index contributed by atoms with van der Waals surface area (Å²) in [5.41, 5.74) is 4.97. The Morgan fingerprint density at radius 2 is 2.17 bits per heavy atom. The third kappa shape index (κ3) is 2.93. The van der Waals surface area contributed by atoms with E-state index in [4.69, 9.17) is 0 Å². The lowest BCUT2D eigenvalue weighted by molar-refractivity contribution is 0.0538. The number of hydrogen-bond acceptors (Lipinski definition) is 4. The Hall–Kier alpha value is -2.93. The Morgan fingerprint density at radius 1 is 1.33 bits per heavy atom. The number of halogens is 1. The number of nitrogens with zero attached hydrogens (tertiary/aromatic N) is 1. The van der Waals surface area contributed by atoms with Crippen LogP contribution in [0.5, 0.6) is 0 Å². The molecule has 24 heavy (non-hydrogen) atoms. The van der Waals surface area contributed by atoms with Gasteiger partial charge in [0.15, 0.2) is 0 Å². The number of hydroxylamine groups is 1. The van der Waals surface area contributed by atoms with E-state index in [9.17, 15) is 9.18 Å². The summed E-state index contributed by atoms with van der Waals surface area (Å²) in [5.74, 6) is -0.818. The Bertz CT molecular complexity index is 891. The van der Waals surface area contributed by atoms with E-state index in [-0.39, 0.29) is 11.5 Å². The maximum absolute atomic E-state index is 14.3. The van der Waals surface area contributed by atoms with Gasteiger partial charge in [0.25, 0.3) is 5.91 Å². The molecule has 0 fully saturated rings. The maximum atomic E-state index is 14.3. The van der Waals surface area contributed by atoms with Crippen molar-refractivity contribution >= 4 is 28.2 Å². The van der Waals surface area contributed by atoms with E-state index in [2.05, 4.69) is 25.8 Å². The molecular formula is C17H17FN4O2. The van der Waals surface area contributed by atoms with Crippen molar-refractivity contribution in [3.63, 3.8) is 0 Å². The van der Waals surface area contributed by atoms with E-state index in [0.29, 0.717) is 16.6 Å². The highest BCUT2D eigenvalue weighted by atomic mass is 19.1. The second-order valence-corrected chi connectivity index (χ2v) is 5.25. The van der Waals surface area contributed by atoms with E-state index in [1.54, 1.807) is 24.4 Å². The van der Waals surface area contributed by atoms with Crippen LogP contribution in [0.2, 0.25) is 0 Å². The van der Waals surface area contributed by atoms with Gasteiger partial charge < -0.3 is 5.32 Å². The molecule has 0 saturated heterocycles. The van der Waals surface area contributed by atoms with Crippen molar-refractivity contribution < 1.29 is 14.0 Å². The molecule has 3 aromatic rings. The minimum atomic E-state index is -0.436. The van der Waals surface area contributed by atoms with Crippen LogP contribution in [-0.4, -0.2) is 23.2 Å². The molecule has 1 amide bonds. The Balaban J connectivity index is 2.08. The lowest BCUT2D eigenvalue weighted by Gasteiger charge is -2.14. The molecule has 0 aliphatic rings. The van der Waals surface area contributed by atoms with Gasteiger partial charge in [-0.15, -0.1) is 0 Å². The first kappa shape index (κ1) is 15.9. The second-order valence-electron chi connectivity index (χ2n) is 5.25. The van der Waals surface area contributed by atoms with Gasteiger partial charge >= 0.3 is 0 Å². The molecule has 2 aromatic carbocycles. The van der Waals surface area contributed by atoms with Crippen molar-refractivity contribution in [3.8, 4) is 0 Å². The fourth-order valence-electron chi connectivity index (χ4n) is 2.50. The lowest BCUT2D eigenvalue weighted by Crippen LogP contribution is -2.22. The van der Waals surface area contributed by atoms with Gasteiger partial charge in [-0.25, -0.2) is 9.87 Å². The first-order valence-corrected chi connectivity index (χ1v) is 7.49. The molecule has 6 nitrogen and oxygen atoms in total. The molecule has 0 spiro atoms. The van der Waals surface area contributed by atoms with Gasteiger partial charge in [0, 0.05) is 5.39 Å². The summed E-state index contributed by atoms with van der Waals surface area (Å²) in [5, 5.41) is 10.5. The molecule has 0 saturated carbocycles. The Morgan fingerprint density at radius 3 is 2.88 bits per heavy atom. The van der Waals surface area contributed by atoms with E-state index in [1.165, 1.54) is 13.2 Å². The summed E-state index contributed by atoms with van der Waals surface area (Å²) >= 11 is 0. The molecule has 0 bridgehead atoms. The zero-order valence-corrected chi connectivity index (χ0v) is 13.3. The van der Waals surface area contributed by atoms with E-state index in [1.807, 2.05) is 13.0 Å². The zero-order chi connectivity index (χ0) is 17.1. The number of amides is 1. The normalized spacial score (nSPS) is 10.8. The topological polar surface area (TPSA) is 79.0 Å². The number of benzene rings is 2. The van der Waals surface area contributed by atoms with Crippen molar-refractivity contribution in [1.29, 1.82) is 0 Å². The Kier molecular flexibility index (Phi) is 4.43. The van der Waals surface area contributed by atoms with Gasteiger partial charge in [0.05, 0.1) is 35.8 Å². The highest BCUT2D eigenvalue weighted by Gasteiger charge is 2.17. The molecule has 0 unspecified atom stereocenters. The highest BCUT2D eigenvalue weighted by molar-refractivity contribution is 6.08. The van der Waals surface area contributed by atoms with Gasteiger partial charge in [0.1, 0.15) is 5.82 Å². The number of nitrogens with one attached hydrogen (secondary N) is 3. The molecule has 7 heteroatoms. The molecule has 1 aromatic heterocycles. The van der Waals surface area contributed by atoms with Crippen LogP contribution >= 0.6 is 0 Å². The fraction of sp³-hybridized carbons (Fsp3) is 0.176. The predicted octanol–water partition coefficient (Wildman–Crippen LogP) is 3.30. The number of aryl methyl sites for hydroxylation is 1. The molecule has 3 rings (SSSR count). The number of aromatic nitrogens is 2. The minimum Gasteiger partial charge on any atom is -0.352 e. The molecule has 0 atom stereocenters. The van der Waals surface area contributed by atoms with Crippen LogP contribution in [0.4, 0.5) is 15.8 Å². The van der Waals surface area contributed by atoms with Crippen LogP contribution in [0, 0.1) is 5.82 Å². The van der Waals surface area contributed by atoms with Crippen LogP contribution in [0.3, 0.4) is 0 Å². The largest absolute Gasteiger partial charge is 0.352 e. The number of hydrogen-bond donors (Lipinski definition) is 3. The third-order valence-electron chi connectivity index (χ3n) is 3.76. The minimum absolute atomic E-state index is 0.285. The first-order valence-electron chi connectivity index (χ1n) is 7.49. The molecule has 1 heterocycles. The predicted molar refractivity (Wildman–Crippen MR) is 89.6 cm³/mol. The standard InChI is InChI=1S/C17H17FN4O2/c1-3-10-4-6-15(13(18)8-10)20-16-11(17(23)22-24-2)5-7-14-12(16)9-19-21-14/h4-9,20H,3H2,1-2H3,(H,19,21)(H,22,23). The van der Waals surface area contributed by atoms with Crippen LogP contribution < -0.4 is 10.8 Å². The molecule has 0 radical (unpaired) electrons. The number of H-pyrrole nitrogens is 1. The van der Waals surface area contributed by atoms with E-state index >= 15 is 0 Å². The lowest BCUT2D eigenvalue weighted by atomic mass is 10.1. The van der Waals surface area contributed by atoms with Crippen LogP contribution in [0.25, 0.3) is 10.9 Å². The average molecular weight is 328 g/mol. The van der Waals surface area contributed by atoms with Crippen molar-refractivity contribution in [2.45, 2.75) is 13.3 Å². The summed E-state index contributed by atoms with van der Waals surface area (Å²) in [6, 6.07) is 8.33. The zero-order valence-electron chi connectivity index (χ0n) is 13.3. The number of fused-ring (bicyclic) bond motifs is 1. The summed E-state index contributed by atoms with van der Waals surface area (Å²) in [7, 11) is 1.35. The van der Waals surface area contributed by atoms with Crippen molar-refractivity contribution in [1.82, 2.24) is 15.7 Å². The van der Waals surface area contributed by atoms with Gasteiger partial charge in [-0.1, -0.05) is 13.0 Å². The molecule has 0 aliphatic carbocycles. The van der Waals surface area contributed by atoms with E-state index < -0.39 is 5.91 Å². The van der Waals surface area contributed by atoms with Crippen molar-refractivity contribution in [2.24, 2.45) is 0 Å². The molecule has 124 valence electrons.